The zero-order valence-corrected chi connectivity index (χ0v) is 7.72. The van der Waals surface area contributed by atoms with Gasteiger partial charge in [0.25, 0.3) is 0 Å². The number of rotatable bonds is 6. The van der Waals surface area contributed by atoms with Gasteiger partial charge in [0, 0.05) is 5.82 Å². The van der Waals surface area contributed by atoms with Gasteiger partial charge in [-0.05, 0) is 6.42 Å². The highest BCUT2D eigenvalue weighted by Crippen LogP contribution is 2.42. The Morgan fingerprint density at radius 1 is 1.64 bits per heavy atom. The normalized spacial score (nSPS) is 15.8. The molecule has 1 N–H and O–H groups in total. The highest BCUT2D eigenvalue weighted by atomic mass is 31.2. The van der Waals surface area contributed by atoms with E-state index in [1.165, 1.54) is 0 Å². The summed E-state index contributed by atoms with van der Waals surface area (Å²) in [6, 6.07) is 0. The van der Waals surface area contributed by atoms with E-state index < -0.39 is 7.60 Å². The van der Waals surface area contributed by atoms with Crippen molar-refractivity contribution in [2.24, 2.45) is 0 Å². The molecule has 11 heavy (non-hydrogen) atoms. The van der Waals surface area contributed by atoms with Gasteiger partial charge in [-0.3, -0.25) is 4.57 Å². The fourth-order valence-electron chi connectivity index (χ4n) is 0.600. The molecule has 0 radical (unpaired) electrons. The van der Waals surface area contributed by atoms with Gasteiger partial charge in [0.2, 0.25) is 0 Å². The average Bonchev–Trinajstić information content (AvgIpc) is 1.99. The third kappa shape index (κ3) is 6.29. The van der Waals surface area contributed by atoms with E-state index in [0.29, 0.717) is 6.61 Å². The van der Waals surface area contributed by atoms with Gasteiger partial charge in [0.15, 0.2) is 0 Å². The third-order valence-electron chi connectivity index (χ3n) is 1.25. The summed E-state index contributed by atoms with van der Waals surface area (Å²) in [6.45, 7) is 5.60. The minimum atomic E-state index is -3.45. The molecule has 0 aliphatic carbocycles. The fourth-order valence-corrected chi connectivity index (χ4v) is 1.10. The largest absolute Gasteiger partial charge is 0.351 e. The summed E-state index contributed by atoms with van der Waals surface area (Å²) in [5, 5.41) is 0. The summed E-state index contributed by atoms with van der Waals surface area (Å²) >= 11 is 0. The first kappa shape index (κ1) is 10.9. The molecule has 0 saturated heterocycles. The van der Waals surface area contributed by atoms with Crippen LogP contribution in [0.25, 0.3) is 0 Å². The first-order valence-electron chi connectivity index (χ1n) is 3.73. The summed E-state index contributed by atoms with van der Waals surface area (Å²) in [5.41, 5.74) is 0. The summed E-state index contributed by atoms with van der Waals surface area (Å²) < 4.78 is 15.4. The molecule has 1 atom stereocenters. The van der Waals surface area contributed by atoms with Crippen molar-refractivity contribution >= 4 is 7.60 Å². The molecule has 0 aromatic carbocycles. The van der Waals surface area contributed by atoms with Crippen LogP contribution in [0.15, 0.2) is 12.4 Å². The Bertz CT molecular complexity index is 156. The monoisotopic (exact) mass is 178 g/mol. The lowest BCUT2D eigenvalue weighted by Gasteiger charge is -2.05. The summed E-state index contributed by atoms with van der Waals surface area (Å²) in [5.74, 6) is 0.957. The molecular formula is C7H15O3P. The van der Waals surface area contributed by atoms with Crippen LogP contribution in [0, 0.1) is 0 Å². The van der Waals surface area contributed by atoms with Gasteiger partial charge in [-0.25, -0.2) is 0 Å². The lowest BCUT2D eigenvalue weighted by Crippen LogP contribution is -1.90. The molecule has 0 aromatic heterocycles. The maximum atomic E-state index is 10.8. The first-order chi connectivity index (χ1) is 5.12. The zero-order chi connectivity index (χ0) is 8.74. The Hall–Kier alpha value is -0.110. The van der Waals surface area contributed by atoms with Gasteiger partial charge in [-0.2, -0.15) is 0 Å². The Labute approximate surface area is 67.6 Å². The number of hydrogen-bond donors (Lipinski definition) is 1. The van der Waals surface area contributed by atoms with Crippen molar-refractivity contribution in [3.05, 3.63) is 12.4 Å². The molecule has 0 bridgehead atoms. The van der Waals surface area contributed by atoms with Crippen molar-refractivity contribution in [3.63, 3.8) is 0 Å². The van der Waals surface area contributed by atoms with Crippen LogP contribution in [0.5, 0.6) is 0 Å². The van der Waals surface area contributed by atoms with Crippen molar-refractivity contribution in [1.29, 1.82) is 0 Å². The molecule has 66 valence electrons. The Kier molecular flexibility index (Phi) is 5.47. The van der Waals surface area contributed by atoms with Crippen molar-refractivity contribution in [2.75, 3.05) is 6.61 Å². The second-order valence-electron chi connectivity index (χ2n) is 2.29. The maximum absolute atomic E-state index is 10.8. The molecule has 0 aliphatic heterocycles. The Morgan fingerprint density at radius 2 is 2.27 bits per heavy atom. The van der Waals surface area contributed by atoms with E-state index in [0.717, 1.165) is 25.1 Å². The van der Waals surface area contributed by atoms with E-state index in [1.807, 2.05) is 0 Å². The van der Waals surface area contributed by atoms with Gasteiger partial charge in [0.05, 0.1) is 6.61 Å². The quantitative estimate of drug-likeness (QED) is 0.502. The Morgan fingerprint density at radius 3 is 2.73 bits per heavy atom. The van der Waals surface area contributed by atoms with E-state index in [2.05, 4.69) is 18.0 Å². The number of hydrogen-bond acceptors (Lipinski definition) is 2. The molecule has 0 spiro atoms. The SMILES string of the molecule is C=CP(=O)(O)OCCCCC. The lowest BCUT2D eigenvalue weighted by molar-refractivity contribution is 0.261. The summed E-state index contributed by atoms with van der Waals surface area (Å²) in [6.07, 6.45) is 2.93. The molecule has 1 unspecified atom stereocenters. The zero-order valence-electron chi connectivity index (χ0n) is 6.82. The van der Waals surface area contributed by atoms with Crippen LogP contribution in [0.4, 0.5) is 0 Å². The van der Waals surface area contributed by atoms with Crippen LogP contribution in [0.1, 0.15) is 26.2 Å². The average molecular weight is 178 g/mol. The predicted molar refractivity (Wildman–Crippen MR) is 45.5 cm³/mol. The van der Waals surface area contributed by atoms with Crippen LogP contribution < -0.4 is 0 Å². The maximum Gasteiger partial charge on any atom is 0.351 e. The second-order valence-corrected chi connectivity index (χ2v) is 4.04. The van der Waals surface area contributed by atoms with Gasteiger partial charge in [-0.1, -0.05) is 26.3 Å². The highest BCUT2D eigenvalue weighted by molar-refractivity contribution is 7.56. The van der Waals surface area contributed by atoms with Gasteiger partial charge in [-0.15, -0.1) is 0 Å². The minimum Gasteiger partial charge on any atom is -0.321 e. The van der Waals surface area contributed by atoms with E-state index in [4.69, 9.17) is 4.89 Å². The topological polar surface area (TPSA) is 46.5 Å². The van der Waals surface area contributed by atoms with Crippen LogP contribution >= 0.6 is 7.60 Å². The Balaban J connectivity index is 3.38. The van der Waals surface area contributed by atoms with Crippen molar-refractivity contribution in [3.8, 4) is 0 Å². The van der Waals surface area contributed by atoms with E-state index >= 15 is 0 Å². The molecule has 0 aliphatic rings. The molecule has 0 heterocycles. The highest BCUT2D eigenvalue weighted by Gasteiger charge is 2.11. The van der Waals surface area contributed by atoms with Crippen LogP contribution in [0.3, 0.4) is 0 Å². The molecule has 0 amide bonds. The minimum absolute atomic E-state index is 0.341. The summed E-state index contributed by atoms with van der Waals surface area (Å²) in [7, 11) is -3.45. The second kappa shape index (κ2) is 5.53. The van der Waals surface area contributed by atoms with Crippen molar-refractivity contribution in [1.82, 2.24) is 0 Å². The molecule has 0 rings (SSSR count). The van der Waals surface area contributed by atoms with E-state index in [9.17, 15) is 4.57 Å². The molecule has 3 nitrogen and oxygen atoms in total. The lowest BCUT2D eigenvalue weighted by atomic mass is 10.3. The van der Waals surface area contributed by atoms with Gasteiger partial charge in [0.1, 0.15) is 0 Å². The number of unbranched alkanes of at least 4 members (excludes halogenated alkanes) is 2. The third-order valence-corrected chi connectivity index (χ3v) is 2.27. The predicted octanol–water partition coefficient (Wildman–Crippen LogP) is 2.52. The van der Waals surface area contributed by atoms with Crippen LogP contribution in [-0.4, -0.2) is 11.5 Å². The summed E-state index contributed by atoms with van der Waals surface area (Å²) in [4.78, 5) is 8.84. The fraction of sp³-hybridized carbons (Fsp3) is 0.714. The molecule has 0 saturated carbocycles. The molecule has 0 fully saturated rings. The smallest absolute Gasteiger partial charge is 0.321 e. The van der Waals surface area contributed by atoms with Gasteiger partial charge < -0.3 is 9.42 Å². The molecular weight excluding hydrogens is 163 g/mol. The van der Waals surface area contributed by atoms with Gasteiger partial charge >= 0.3 is 7.60 Å². The van der Waals surface area contributed by atoms with Crippen molar-refractivity contribution in [2.45, 2.75) is 26.2 Å². The molecule has 0 aromatic rings. The van der Waals surface area contributed by atoms with E-state index in [1.54, 1.807) is 0 Å². The van der Waals surface area contributed by atoms with Crippen LogP contribution in [-0.2, 0) is 9.09 Å². The van der Waals surface area contributed by atoms with Crippen LogP contribution in [0.2, 0.25) is 0 Å². The van der Waals surface area contributed by atoms with Crippen molar-refractivity contribution < 1.29 is 14.0 Å². The van der Waals surface area contributed by atoms with E-state index in [-0.39, 0.29) is 0 Å². The standard InChI is InChI=1S/C7H15O3P/c1-3-5-6-7-10-11(8,9)4-2/h4H,2-3,5-7H2,1H3,(H,8,9). The first-order valence-corrected chi connectivity index (χ1v) is 5.37. The molecule has 4 heteroatoms.